The highest BCUT2D eigenvalue weighted by molar-refractivity contribution is 5.05. The number of aliphatic hydroxyl groups excluding tert-OH is 1. The molecule has 0 aliphatic heterocycles. The molecular weight excluding hydrogens is 112 g/mol. The number of aliphatic hydroxyl groups is 1. The van der Waals surface area contributed by atoms with Crippen molar-refractivity contribution in [3.63, 3.8) is 0 Å². The zero-order valence-corrected chi connectivity index (χ0v) is 5.46. The summed E-state index contributed by atoms with van der Waals surface area (Å²) in [5.74, 6) is 1.10. The fourth-order valence-electron chi connectivity index (χ4n) is 1.99. The van der Waals surface area contributed by atoms with Crippen molar-refractivity contribution < 1.29 is 5.11 Å². The summed E-state index contributed by atoms with van der Waals surface area (Å²) in [5, 5.41) is 9.46. The highest BCUT2D eigenvalue weighted by Crippen LogP contribution is 2.37. The molecule has 0 amide bonds. The lowest BCUT2D eigenvalue weighted by molar-refractivity contribution is 0.103. The van der Waals surface area contributed by atoms with E-state index >= 15 is 0 Å². The van der Waals surface area contributed by atoms with Crippen LogP contribution in [0.1, 0.15) is 19.3 Å². The summed E-state index contributed by atoms with van der Waals surface area (Å²) in [6, 6.07) is 0. The Bertz CT molecular complexity index is 140. The fraction of sp³-hybridized carbons (Fsp3) is 0.750. The molecule has 50 valence electrons. The second-order valence-corrected chi connectivity index (χ2v) is 3.16. The van der Waals surface area contributed by atoms with Crippen molar-refractivity contribution in [1.82, 2.24) is 0 Å². The lowest BCUT2D eigenvalue weighted by Gasteiger charge is -2.19. The van der Waals surface area contributed by atoms with Crippen LogP contribution in [0.4, 0.5) is 0 Å². The van der Waals surface area contributed by atoms with Crippen molar-refractivity contribution in [3.8, 4) is 0 Å². The normalized spacial score (nSPS) is 47.9. The van der Waals surface area contributed by atoms with E-state index in [1.165, 1.54) is 12.8 Å². The summed E-state index contributed by atoms with van der Waals surface area (Å²) >= 11 is 0. The molecule has 1 saturated carbocycles. The molecule has 1 N–H and O–H groups in total. The molecule has 2 aliphatic rings. The molecule has 2 rings (SSSR count). The summed E-state index contributed by atoms with van der Waals surface area (Å²) in [5.41, 5.74) is 0. The predicted octanol–water partition coefficient (Wildman–Crippen LogP) is 1.33. The van der Waals surface area contributed by atoms with Crippen molar-refractivity contribution in [2.75, 3.05) is 0 Å². The first kappa shape index (κ1) is 5.48. The van der Waals surface area contributed by atoms with Crippen molar-refractivity contribution in [2.45, 2.75) is 25.4 Å². The van der Waals surface area contributed by atoms with Gasteiger partial charge in [0.15, 0.2) is 0 Å². The van der Waals surface area contributed by atoms with Crippen LogP contribution in [0.5, 0.6) is 0 Å². The third-order valence-corrected chi connectivity index (χ3v) is 2.61. The third kappa shape index (κ3) is 0.715. The lowest BCUT2D eigenvalue weighted by Crippen LogP contribution is -2.21. The maximum absolute atomic E-state index is 9.46. The van der Waals surface area contributed by atoms with Gasteiger partial charge in [0.2, 0.25) is 0 Å². The van der Waals surface area contributed by atoms with E-state index < -0.39 is 0 Å². The zero-order valence-electron chi connectivity index (χ0n) is 5.46. The standard InChI is InChI=1S/C8H12O/c9-8-6-2-1-3-7(8)5-4-6/h1-2,6-9H,3-5H2/t6-,7-,8-/m0/s1. The van der Waals surface area contributed by atoms with Gasteiger partial charge < -0.3 is 5.11 Å². The van der Waals surface area contributed by atoms with Gasteiger partial charge in [0.05, 0.1) is 6.10 Å². The summed E-state index contributed by atoms with van der Waals surface area (Å²) in [4.78, 5) is 0. The predicted molar refractivity (Wildman–Crippen MR) is 36.0 cm³/mol. The minimum atomic E-state index is -0.00463. The van der Waals surface area contributed by atoms with Gasteiger partial charge in [-0.3, -0.25) is 0 Å². The van der Waals surface area contributed by atoms with Gasteiger partial charge in [-0.25, -0.2) is 0 Å². The average Bonchev–Trinajstić information content (AvgIpc) is 2.19. The van der Waals surface area contributed by atoms with Crippen LogP contribution >= 0.6 is 0 Å². The van der Waals surface area contributed by atoms with Gasteiger partial charge in [0, 0.05) is 5.92 Å². The van der Waals surface area contributed by atoms with Gasteiger partial charge in [0.25, 0.3) is 0 Å². The smallest absolute Gasteiger partial charge is 0.0633 e. The molecular formula is C8H12O. The van der Waals surface area contributed by atoms with Gasteiger partial charge >= 0.3 is 0 Å². The van der Waals surface area contributed by atoms with Crippen molar-refractivity contribution >= 4 is 0 Å². The second kappa shape index (κ2) is 1.84. The van der Waals surface area contributed by atoms with E-state index in [4.69, 9.17) is 0 Å². The number of hydrogen-bond acceptors (Lipinski definition) is 1. The Kier molecular flexibility index (Phi) is 1.12. The van der Waals surface area contributed by atoms with Crippen LogP contribution in [-0.2, 0) is 0 Å². The molecule has 3 atom stereocenters. The van der Waals surface area contributed by atoms with Crippen LogP contribution in [0.15, 0.2) is 12.2 Å². The second-order valence-electron chi connectivity index (χ2n) is 3.16. The Morgan fingerprint density at radius 3 is 2.89 bits per heavy atom. The van der Waals surface area contributed by atoms with Gasteiger partial charge in [-0.15, -0.1) is 0 Å². The van der Waals surface area contributed by atoms with Crippen LogP contribution in [-0.4, -0.2) is 11.2 Å². The molecule has 1 nitrogen and oxygen atoms in total. The molecule has 1 heteroatoms. The van der Waals surface area contributed by atoms with E-state index in [1.807, 2.05) is 0 Å². The number of rotatable bonds is 0. The molecule has 0 radical (unpaired) electrons. The lowest BCUT2D eigenvalue weighted by atomic mass is 9.92. The molecule has 0 spiro atoms. The van der Waals surface area contributed by atoms with Crippen molar-refractivity contribution in [3.05, 3.63) is 12.2 Å². The highest BCUT2D eigenvalue weighted by Gasteiger charge is 2.34. The largest absolute Gasteiger partial charge is 0.392 e. The Morgan fingerprint density at radius 1 is 1.33 bits per heavy atom. The average molecular weight is 124 g/mol. The van der Waals surface area contributed by atoms with Crippen LogP contribution in [0.3, 0.4) is 0 Å². The molecule has 2 bridgehead atoms. The summed E-state index contributed by atoms with van der Waals surface area (Å²) in [6.07, 6.45) is 7.94. The van der Waals surface area contributed by atoms with E-state index in [2.05, 4.69) is 12.2 Å². The van der Waals surface area contributed by atoms with E-state index in [1.54, 1.807) is 0 Å². The third-order valence-electron chi connectivity index (χ3n) is 2.61. The molecule has 0 heterocycles. The SMILES string of the molecule is O[C@@H]1[C@H]2CC=C[C@H]1CC2. The maximum atomic E-state index is 9.46. The topological polar surface area (TPSA) is 20.2 Å². The molecule has 0 aromatic rings. The molecule has 0 aromatic heterocycles. The first-order valence-corrected chi connectivity index (χ1v) is 3.72. The molecule has 0 aromatic carbocycles. The Balaban J connectivity index is 2.22. The van der Waals surface area contributed by atoms with Crippen LogP contribution in [0.25, 0.3) is 0 Å². The highest BCUT2D eigenvalue weighted by atomic mass is 16.3. The molecule has 0 saturated heterocycles. The fourth-order valence-corrected chi connectivity index (χ4v) is 1.99. The van der Waals surface area contributed by atoms with Gasteiger partial charge in [-0.05, 0) is 25.2 Å². The summed E-state index contributed by atoms with van der Waals surface area (Å²) < 4.78 is 0. The minimum absolute atomic E-state index is 0.00463. The molecule has 1 fully saturated rings. The van der Waals surface area contributed by atoms with Crippen LogP contribution < -0.4 is 0 Å². The minimum Gasteiger partial charge on any atom is -0.392 e. The molecule has 0 unspecified atom stereocenters. The monoisotopic (exact) mass is 124 g/mol. The van der Waals surface area contributed by atoms with Crippen molar-refractivity contribution in [1.29, 1.82) is 0 Å². The van der Waals surface area contributed by atoms with E-state index in [9.17, 15) is 5.11 Å². The number of hydrogen-bond donors (Lipinski definition) is 1. The quantitative estimate of drug-likeness (QED) is 0.483. The van der Waals surface area contributed by atoms with Gasteiger partial charge in [-0.1, -0.05) is 12.2 Å². The van der Waals surface area contributed by atoms with Crippen LogP contribution in [0.2, 0.25) is 0 Å². The summed E-state index contributed by atoms with van der Waals surface area (Å²) in [7, 11) is 0. The number of fused-ring (bicyclic) bond motifs is 2. The summed E-state index contributed by atoms with van der Waals surface area (Å²) in [6.45, 7) is 0. The maximum Gasteiger partial charge on any atom is 0.0633 e. The van der Waals surface area contributed by atoms with E-state index in [0.29, 0.717) is 11.8 Å². The van der Waals surface area contributed by atoms with Gasteiger partial charge in [0.1, 0.15) is 0 Å². The molecule has 2 aliphatic carbocycles. The van der Waals surface area contributed by atoms with Crippen molar-refractivity contribution in [2.24, 2.45) is 11.8 Å². The first-order chi connectivity index (χ1) is 4.38. The van der Waals surface area contributed by atoms with E-state index in [0.717, 1.165) is 6.42 Å². The molecule has 9 heavy (non-hydrogen) atoms. The zero-order chi connectivity index (χ0) is 6.27. The van der Waals surface area contributed by atoms with Gasteiger partial charge in [-0.2, -0.15) is 0 Å². The Hall–Kier alpha value is -0.300. The number of allylic oxidation sites excluding steroid dienone is 1. The first-order valence-electron chi connectivity index (χ1n) is 3.72. The van der Waals surface area contributed by atoms with Crippen LogP contribution in [0, 0.1) is 11.8 Å². The Labute approximate surface area is 55.4 Å². The van der Waals surface area contributed by atoms with E-state index in [-0.39, 0.29) is 6.10 Å². The Morgan fingerprint density at radius 2 is 2.22 bits per heavy atom.